The van der Waals surface area contributed by atoms with E-state index in [0.717, 1.165) is 0 Å². The average Bonchev–Trinajstić information content (AvgIpc) is 2.85. The molecule has 0 radical (unpaired) electrons. The molecule has 0 saturated heterocycles. The van der Waals surface area contributed by atoms with Crippen LogP contribution in [-0.4, -0.2) is 61.6 Å². The van der Waals surface area contributed by atoms with Gasteiger partial charge in [-0.05, 0) is 55.3 Å². The number of hydrogen-bond donors (Lipinski definition) is 1. The Kier molecular flexibility index (Phi) is 12.0. The fraction of sp³-hybridized carbons (Fsp3) is 0.444. The van der Waals surface area contributed by atoms with Crippen molar-refractivity contribution in [3.05, 3.63) is 64.4 Å². The van der Waals surface area contributed by atoms with Gasteiger partial charge in [0.05, 0.1) is 5.02 Å². The zero-order valence-electron chi connectivity index (χ0n) is 21.5. The molecular formula is C27H27ClF6O6. The van der Waals surface area contributed by atoms with Gasteiger partial charge in [-0.15, -0.1) is 0 Å². The van der Waals surface area contributed by atoms with E-state index in [2.05, 4.69) is 11.8 Å². The molecule has 0 amide bonds. The number of allylic oxidation sites excluding steroid dienone is 3. The Morgan fingerprint density at radius 2 is 1.88 bits per heavy atom. The van der Waals surface area contributed by atoms with Crippen LogP contribution in [0.15, 0.2) is 53.8 Å². The molecule has 0 spiro atoms. The van der Waals surface area contributed by atoms with Crippen molar-refractivity contribution >= 4 is 17.6 Å². The third kappa shape index (κ3) is 11.9. The summed E-state index contributed by atoms with van der Waals surface area (Å²) in [6, 6.07) is 4.74. The van der Waals surface area contributed by atoms with Crippen LogP contribution >= 0.6 is 11.6 Å². The lowest BCUT2D eigenvalue weighted by Gasteiger charge is -2.29. The first kappa shape index (κ1) is 33.1. The summed E-state index contributed by atoms with van der Waals surface area (Å²) < 4.78 is 96.5. The highest BCUT2D eigenvalue weighted by Gasteiger charge is 2.38. The molecule has 1 N–H and O–H groups in total. The minimum Gasteiger partial charge on any atom is -0.488 e. The van der Waals surface area contributed by atoms with Crippen molar-refractivity contribution in [1.29, 1.82) is 0 Å². The number of carboxylic acids is 1. The quantitative estimate of drug-likeness (QED) is 0.221. The number of hydrogen-bond acceptors (Lipinski definition) is 5. The fourth-order valence-corrected chi connectivity index (χ4v) is 3.58. The Hall–Kier alpha value is -3.14. The van der Waals surface area contributed by atoms with Gasteiger partial charge in [-0.1, -0.05) is 35.6 Å². The Morgan fingerprint density at radius 1 is 1.18 bits per heavy atom. The van der Waals surface area contributed by atoms with E-state index >= 15 is 0 Å². The fourth-order valence-electron chi connectivity index (χ4n) is 3.33. The molecule has 6 nitrogen and oxygen atoms in total. The average molecular weight is 597 g/mol. The molecule has 0 aliphatic heterocycles. The lowest BCUT2D eigenvalue weighted by atomic mass is 9.93. The number of carbonyl (C=O) groups is 1. The van der Waals surface area contributed by atoms with Gasteiger partial charge in [0.25, 0.3) is 0 Å². The van der Waals surface area contributed by atoms with Crippen LogP contribution in [-0.2, 0) is 25.4 Å². The first-order valence-corrected chi connectivity index (χ1v) is 12.2. The second-order valence-electron chi connectivity index (χ2n) is 8.57. The lowest BCUT2D eigenvalue weighted by molar-refractivity contribution is -0.191. The summed E-state index contributed by atoms with van der Waals surface area (Å²) in [5.74, 6) is 4.19. The molecule has 0 heterocycles. The molecule has 2 atom stereocenters. The number of alkyl halides is 6. The van der Waals surface area contributed by atoms with Crippen molar-refractivity contribution in [1.82, 2.24) is 0 Å². The predicted octanol–water partition coefficient (Wildman–Crippen LogP) is 6.44. The highest BCUT2D eigenvalue weighted by Crippen LogP contribution is 2.31. The monoisotopic (exact) mass is 596 g/mol. The van der Waals surface area contributed by atoms with Crippen LogP contribution in [0.4, 0.5) is 26.3 Å². The molecule has 1 aliphatic carbocycles. The van der Waals surface area contributed by atoms with Crippen LogP contribution in [0.2, 0.25) is 5.02 Å². The minimum atomic E-state index is -4.69. The molecular weight excluding hydrogens is 570 g/mol. The summed E-state index contributed by atoms with van der Waals surface area (Å²) in [4.78, 5) is 11.3. The highest BCUT2D eigenvalue weighted by molar-refractivity contribution is 6.32. The topological polar surface area (TPSA) is 74.2 Å². The van der Waals surface area contributed by atoms with Gasteiger partial charge in [0.15, 0.2) is 18.3 Å². The largest absolute Gasteiger partial charge is 0.488 e. The Bertz CT molecular complexity index is 1180. The molecule has 13 heteroatoms. The maximum Gasteiger partial charge on any atom is 0.422 e. The van der Waals surface area contributed by atoms with E-state index < -0.39 is 49.7 Å². The van der Waals surface area contributed by atoms with E-state index in [9.17, 15) is 36.2 Å². The maximum atomic E-state index is 12.8. The van der Waals surface area contributed by atoms with E-state index in [-0.39, 0.29) is 30.4 Å². The van der Waals surface area contributed by atoms with Crippen molar-refractivity contribution in [3.8, 4) is 17.6 Å². The van der Waals surface area contributed by atoms with Crippen molar-refractivity contribution in [3.63, 3.8) is 0 Å². The van der Waals surface area contributed by atoms with E-state index in [0.29, 0.717) is 16.9 Å². The molecule has 0 saturated carbocycles. The van der Waals surface area contributed by atoms with Crippen LogP contribution < -0.4 is 4.74 Å². The smallest absolute Gasteiger partial charge is 0.422 e. The van der Waals surface area contributed by atoms with Crippen LogP contribution in [0.25, 0.3) is 0 Å². The molecule has 0 fully saturated rings. The zero-order chi connectivity index (χ0) is 30.0. The van der Waals surface area contributed by atoms with Gasteiger partial charge in [0.1, 0.15) is 24.7 Å². The van der Waals surface area contributed by atoms with Gasteiger partial charge in [0.2, 0.25) is 0 Å². The van der Waals surface area contributed by atoms with Gasteiger partial charge < -0.3 is 24.1 Å². The van der Waals surface area contributed by atoms with Gasteiger partial charge >= 0.3 is 18.3 Å². The normalized spacial score (nSPS) is 18.4. The molecule has 1 unspecified atom stereocenters. The first-order valence-electron chi connectivity index (χ1n) is 11.9. The molecule has 0 aromatic heterocycles. The molecule has 220 valence electrons. The predicted molar refractivity (Wildman–Crippen MR) is 134 cm³/mol. The van der Waals surface area contributed by atoms with E-state index in [1.165, 1.54) is 24.3 Å². The molecule has 1 aromatic rings. The van der Waals surface area contributed by atoms with Crippen molar-refractivity contribution < 1.29 is 55.2 Å². The van der Waals surface area contributed by atoms with Gasteiger partial charge in [0, 0.05) is 19.4 Å². The van der Waals surface area contributed by atoms with E-state index in [1.54, 1.807) is 32.0 Å². The Morgan fingerprint density at radius 3 is 2.48 bits per heavy atom. The maximum absolute atomic E-state index is 12.8. The number of carboxylic acid groups (broad SMARTS) is 1. The summed E-state index contributed by atoms with van der Waals surface area (Å²) in [6.07, 6.45) is -5.54. The summed E-state index contributed by atoms with van der Waals surface area (Å²) in [5, 5.41) is 9.44. The molecule has 2 rings (SSSR count). The van der Waals surface area contributed by atoms with Gasteiger partial charge in [-0.3, -0.25) is 0 Å². The van der Waals surface area contributed by atoms with Crippen molar-refractivity contribution in [2.24, 2.45) is 0 Å². The Balaban J connectivity index is 2.09. The minimum absolute atomic E-state index is 0.0254. The number of benzene rings is 1. The SMILES string of the molecule is CCO[C@@H](Cc1ccc(OC/C=C(/C)C#CC2(OCC(F)(F)F)C=CC=C(OCC(F)(F)F)C2)c(Cl)c1)C(=O)O. The number of halogens is 7. The van der Waals surface area contributed by atoms with E-state index in [4.69, 9.17) is 30.5 Å². The molecule has 40 heavy (non-hydrogen) atoms. The van der Waals surface area contributed by atoms with Crippen LogP contribution in [0.5, 0.6) is 5.75 Å². The van der Waals surface area contributed by atoms with E-state index in [1.807, 2.05) is 0 Å². The lowest BCUT2D eigenvalue weighted by Crippen LogP contribution is -2.35. The summed E-state index contributed by atoms with van der Waals surface area (Å²) in [7, 11) is 0. The summed E-state index contributed by atoms with van der Waals surface area (Å²) in [6.45, 7) is 0.168. The third-order valence-corrected chi connectivity index (χ3v) is 5.45. The highest BCUT2D eigenvalue weighted by atomic mass is 35.5. The first-order chi connectivity index (χ1) is 18.6. The summed E-state index contributed by atoms with van der Waals surface area (Å²) in [5.41, 5.74) is -0.868. The Labute approximate surface area is 232 Å². The standard InChI is InChI=1S/C27H27ClF6O6/c1-3-37-23(24(35)36)14-19-6-7-22(21(28)13-19)38-12-9-18(2)8-11-25(40-17-27(32,33)34)10-4-5-20(15-25)39-16-26(29,30)31/h4-7,9-10,13,23H,3,12,14-17H2,1-2H3,(H,35,36)/b18-9-/t23-,25?/m0/s1. The number of rotatable bonds is 12. The molecule has 0 bridgehead atoms. The number of aliphatic carboxylic acids is 1. The van der Waals surface area contributed by atoms with Crippen molar-refractivity contribution in [2.75, 3.05) is 26.4 Å². The zero-order valence-corrected chi connectivity index (χ0v) is 22.3. The van der Waals surface area contributed by atoms with Crippen LogP contribution in [0, 0.1) is 11.8 Å². The van der Waals surface area contributed by atoms with Gasteiger partial charge in [-0.25, -0.2) is 4.79 Å². The van der Waals surface area contributed by atoms with Crippen LogP contribution in [0.1, 0.15) is 25.8 Å². The second-order valence-corrected chi connectivity index (χ2v) is 8.97. The molecule has 1 aromatic carbocycles. The molecule has 1 aliphatic rings. The van der Waals surface area contributed by atoms with Crippen molar-refractivity contribution in [2.45, 2.75) is 50.7 Å². The number of ether oxygens (including phenoxy) is 4. The summed E-state index contributed by atoms with van der Waals surface area (Å²) >= 11 is 6.24. The van der Waals surface area contributed by atoms with Gasteiger partial charge in [-0.2, -0.15) is 26.3 Å². The van der Waals surface area contributed by atoms with Crippen LogP contribution in [0.3, 0.4) is 0 Å². The second kappa shape index (κ2) is 14.5. The third-order valence-electron chi connectivity index (χ3n) is 5.16.